The number of nitrogens with zero attached hydrogens (tertiary/aromatic N) is 5. The Kier molecular flexibility index (Phi) is 7.28. The number of nitrogens with two attached hydrogens (primary N) is 1. The van der Waals surface area contributed by atoms with Crippen LogP contribution in [0.3, 0.4) is 0 Å². The van der Waals surface area contributed by atoms with Gasteiger partial charge in [0.25, 0.3) is 0 Å². The maximum absolute atomic E-state index is 15.1. The number of rotatable bonds is 3. The molecule has 2 aromatic carbocycles. The van der Waals surface area contributed by atoms with E-state index in [-0.39, 0.29) is 22.9 Å². The van der Waals surface area contributed by atoms with E-state index in [0.717, 1.165) is 34.0 Å². The van der Waals surface area contributed by atoms with Crippen LogP contribution in [0.1, 0.15) is 47.2 Å². The summed E-state index contributed by atoms with van der Waals surface area (Å²) in [5.41, 5.74) is 10.7. The lowest BCUT2D eigenvalue weighted by Gasteiger charge is -2.36. The van der Waals surface area contributed by atoms with Crippen molar-refractivity contribution in [2.45, 2.75) is 59.6 Å². The van der Waals surface area contributed by atoms with Gasteiger partial charge >= 0.3 is 6.09 Å². The molecule has 9 nitrogen and oxygen atoms in total. The summed E-state index contributed by atoms with van der Waals surface area (Å²) in [4.78, 5) is 21.3. The van der Waals surface area contributed by atoms with Crippen molar-refractivity contribution in [3.8, 4) is 28.1 Å². The molecule has 1 saturated heterocycles. The van der Waals surface area contributed by atoms with E-state index in [1.807, 2.05) is 77.4 Å². The van der Waals surface area contributed by atoms with Gasteiger partial charge < -0.3 is 25.4 Å². The smallest absolute Gasteiger partial charge is 0.410 e. The van der Waals surface area contributed by atoms with Crippen LogP contribution < -0.4 is 10.6 Å². The first-order valence-electron chi connectivity index (χ1n) is 14.2. The summed E-state index contributed by atoms with van der Waals surface area (Å²) in [7, 11) is 0. The van der Waals surface area contributed by atoms with Crippen LogP contribution in [0.5, 0.6) is 5.75 Å². The number of benzene rings is 2. The van der Waals surface area contributed by atoms with E-state index in [1.54, 1.807) is 4.90 Å². The molecule has 0 spiro atoms. The molecule has 0 radical (unpaired) electrons. The van der Waals surface area contributed by atoms with Gasteiger partial charge in [-0.05, 0) is 78.3 Å². The number of piperazine rings is 1. The standard InChI is InChI=1S/C32H39FN6O3/c1-19-25-26(20-8-10-21(11-9-20)37-14-16-38(17-15-37)30(41)42-32(5,6)7)27(34)28(23-13-12-22(40)18-24(23)33)35-29(25)39(36-19)31(2,3)4/h8-13,18,40H,14-17,34H2,1-7H3. The topological polar surface area (TPSA) is 110 Å². The minimum atomic E-state index is -0.612. The molecule has 4 aromatic rings. The molecule has 10 heteroatoms. The number of anilines is 2. The number of aromatic hydroxyl groups is 1. The monoisotopic (exact) mass is 574 g/mol. The van der Waals surface area contributed by atoms with Crippen molar-refractivity contribution in [2.75, 3.05) is 36.8 Å². The Hall–Kier alpha value is -4.34. The number of hydrogen-bond acceptors (Lipinski definition) is 7. The van der Waals surface area contributed by atoms with Crippen LogP contribution in [0.2, 0.25) is 0 Å². The fourth-order valence-electron chi connectivity index (χ4n) is 5.31. The second kappa shape index (κ2) is 10.5. The Bertz CT molecular complexity index is 1640. The van der Waals surface area contributed by atoms with Gasteiger partial charge in [-0.15, -0.1) is 0 Å². The summed E-state index contributed by atoms with van der Waals surface area (Å²) in [6.45, 7) is 16.1. The Balaban J connectivity index is 1.53. The minimum Gasteiger partial charge on any atom is -0.508 e. The van der Waals surface area contributed by atoms with Gasteiger partial charge in [-0.1, -0.05) is 12.1 Å². The van der Waals surface area contributed by atoms with Gasteiger partial charge in [-0.3, -0.25) is 0 Å². The molecule has 0 saturated carbocycles. The summed E-state index contributed by atoms with van der Waals surface area (Å²) in [5.74, 6) is -0.784. The first kappa shape index (κ1) is 29.2. The SMILES string of the molecule is Cc1nn(C(C)(C)C)c2nc(-c3ccc(O)cc3F)c(N)c(-c3ccc(N4CCN(C(=O)OC(C)(C)C)CC4)cc3)c12. The normalized spacial score (nSPS) is 14.5. The fraction of sp³-hybridized carbons (Fsp3) is 0.406. The van der Waals surface area contributed by atoms with Crippen molar-refractivity contribution >= 4 is 28.5 Å². The largest absolute Gasteiger partial charge is 0.508 e. The second-order valence-electron chi connectivity index (χ2n) is 12.8. The highest BCUT2D eigenvalue weighted by molar-refractivity contribution is 6.05. The summed E-state index contributed by atoms with van der Waals surface area (Å²) in [6.07, 6.45) is -0.290. The van der Waals surface area contributed by atoms with Crippen molar-refractivity contribution < 1.29 is 19.0 Å². The summed E-state index contributed by atoms with van der Waals surface area (Å²) >= 11 is 0. The van der Waals surface area contributed by atoms with Gasteiger partial charge in [0.05, 0.1) is 28.0 Å². The van der Waals surface area contributed by atoms with Gasteiger partial charge in [0.1, 0.15) is 17.2 Å². The molecule has 1 fully saturated rings. The number of hydrogen-bond donors (Lipinski definition) is 2. The minimum absolute atomic E-state index is 0.172. The molecular weight excluding hydrogens is 535 g/mol. The number of halogens is 1. The average Bonchev–Trinajstić information content (AvgIpc) is 3.24. The lowest BCUT2D eigenvalue weighted by Crippen LogP contribution is -2.50. The third-order valence-corrected chi connectivity index (χ3v) is 7.32. The molecule has 222 valence electrons. The number of carbonyl (C=O) groups is 1. The first-order valence-corrected chi connectivity index (χ1v) is 14.2. The number of aromatic nitrogens is 3. The zero-order valence-corrected chi connectivity index (χ0v) is 25.3. The molecule has 3 N–H and O–H groups in total. The highest BCUT2D eigenvalue weighted by Crippen LogP contribution is 2.42. The van der Waals surface area contributed by atoms with E-state index in [9.17, 15) is 9.90 Å². The molecule has 0 bridgehead atoms. The molecule has 1 aliphatic rings. The molecule has 0 aliphatic carbocycles. The van der Waals surface area contributed by atoms with Crippen LogP contribution in [0, 0.1) is 12.7 Å². The van der Waals surface area contributed by atoms with Crippen molar-refractivity contribution in [3.63, 3.8) is 0 Å². The third kappa shape index (κ3) is 5.57. The second-order valence-corrected chi connectivity index (χ2v) is 12.8. The maximum Gasteiger partial charge on any atom is 0.410 e. The van der Waals surface area contributed by atoms with Crippen LogP contribution in [0.4, 0.5) is 20.6 Å². The van der Waals surface area contributed by atoms with Crippen LogP contribution in [-0.4, -0.2) is 62.6 Å². The molecular formula is C32H39FN6O3. The fourth-order valence-corrected chi connectivity index (χ4v) is 5.31. The molecule has 42 heavy (non-hydrogen) atoms. The summed E-state index contributed by atoms with van der Waals surface area (Å²) in [5, 5.41) is 15.4. The Morgan fingerprint density at radius 2 is 1.64 bits per heavy atom. The van der Waals surface area contributed by atoms with Crippen molar-refractivity contribution in [2.24, 2.45) is 0 Å². The number of phenols is 1. The molecule has 3 heterocycles. The Labute approximate surface area is 245 Å². The van der Waals surface area contributed by atoms with Gasteiger partial charge in [-0.25, -0.2) is 18.9 Å². The number of ether oxygens (including phenoxy) is 1. The van der Waals surface area contributed by atoms with Crippen molar-refractivity contribution in [1.82, 2.24) is 19.7 Å². The van der Waals surface area contributed by atoms with Crippen molar-refractivity contribution in [1.29, 1.82) is 0 Å². The lowest BCUT2D eigenvalue weighted by molar-refractivity contribution is 0.0240. The number of amides is 1. The van der Waals surface area contributed by atoms with Gasteiger partial charge in [0.15, 0.2) is 5.65 Å². The Morgan fingerprint density at radius 1 is 1.00 bits per heavy atom. The predicted octanol–water partition coefficient (Wildman–Crippen LogP) is 6.31. The molecule has 0 unspecified atom stereocenters. The summed E-state index contributed by atoms with van der Waals surface area (Å²) < 4.78 is 22.5. The third-order valence-electron chi connectivity index (χ3n) is 7.32. The Morgan fingerprint density at radius 3 is 2.21 bits per heavy atom. The van der Waals surface area contributed by atoms with E-state index in [2.05, 4.69) is 4.90 Å². The number of phenolic OH excluding ortho intramolecular Hbond substituents is 1. The molecule has 0 atom stereocenters. The number of carbonyl (C=O) groups excluding carboxylic acids is 1. The molecule has 1 aliphatic heterocycles. The summed E-state index contributed by atoms with van der Waals surface area (Å²) in [6, 6.07) is 12.1. The van der Waals surface area contributed by atoms with E-state index >= 15 is 4.39 Å². The molecule has 5 rings (SSSR count). The number of pyridine rings is 1. The van der Waals surface area contributed by atoms with Gasteiger partial charge in [0.2, 0.25) is 0 Å². The lowest BCUT2D eigenvalue weighted by atomic mass is 9.96. The zero-order chi connectivity index (χ0) is 30.6. The quantitative estimate of drug-likeness (QED) is 0.295. The maximum atomic E-state index is 15.1. The van der Waals surface area contributed by atoms with Gasteiger partial charge in [-0.2, -0.15) is 5.10 Å². The number of aryl methyl sites for hydroxylation is 1. The van der Waals surface area contributed by atoms with Crippen LogP contribution in [-0.2, 0) is 10.3 Å². The van der Waals surface area contributed by atoms with Gasteiger partial charge in [0, 0.05) is 49.1 Å². The van der Waals surface area contributed by atoms with E-state index in [0.29, 0.717) is 43.2 Å². The molecule has 1 amide bonds. The van der Waals surface area contributed by atoms with E-state index < -0.39 is 11.4 Å². The molecule has 2 aromatic heterocycles. The predicted molar refractivity (Wildman–Crippen MR) is 164 cm³/mol. The zero-order valence-electron chi connectivity index (χ0n) is 25.3. The first-order chi connectivity index (χ1) is 19.6. The number of fused-ring (bicyclic) bond motifs is 1. The number of nitrogen functional groups attached to an aromatic ring is 1. The van der Waals surface area contributed by atoms with Crippen LogP contribution >= 0.6 is 0 Å². The highest BCUT2D eigenvalue weighted by atomic mass is 19.1. The van der Waals surface area contributed by atoms with Crippen LogP contribution in [0.25, 0.3) is 33.4 Å². The average molecular weight is 575 g/mol. The highest BCUT2D eigenvalue weighted by Gasteiger charge is 2.28. The van der Waals surface area contributed by atoms with E-state index in [1.165, 1.54) is 12.1 Å². The van der Waals surface area contributed by atoms with E-state index in [4.69, 9.17) is 20.6 Å². The van der Waals surface area contributed by atoms with Crippen LogP contribution in [0.15, 0.2) is 42.5 Å². The van der Waals surface area contributed by atoms with Crippen molar-refractivity contribution in [3.05, 3.63) is 54.0 Å².